The van der Waals surface area contributed by atoms with E-state index in [2.05, 4.69) is 21.2 Å². The molecule has 0 aliphatic rings. The molecule has 1 aromatic carbocycles. The van der Waals surface area contributed by atoms with E-state index in [1.165, 1.54) is 0 Å². The number of ether oxygens (including phenoxy) is 1. The molecule has 4 heteroatoms. The fourth-order valence-corrected chi connectivity index (χ4v) is 1.17. The summed E-state index contributed by atoms with van der Waals surface area (Å²) in [6.45, 7) is 2.39. The quantitative estimate of drug-likeness (QED) is 0.868. The molecule has 0 aliphatic carbocycles. The summed E-state index contributed by atoms with van der Waals surface area (Å²) in [5, 5.41) is 2.54. The third-order valence-electron chi connectivity index (χ3n) is 1.36. The van der Waals surface area contributed by atoms with E-state index >= 15 is 0 Å². The predicted molar refractivity (Wildman–Crippen MR) is 53.8 cm³/mol. The Hall–Kier alpha value is -1.03. The topological polar surface area (TPSA) is 38.3 Å². The standard InChI is InChI=1S/C9H10BrNO2/c1-2-11-9(12)13-8-6-4-3-5-7(8)10/h3-6H,2H2,1H3,(H,11,12). The van der Waals surface area contributed by atoms with E-state index in [0.717, 1.165) is 4.47 Å². The van der Waals surface area contributed by atoms with Gasteiger partial charge < -0.3 is 10.1 Å². The monoisotopic (exact) mass is 243 g/mol. The number of rotatable bonds is 2. The highest BCUT2D eigenvalue weighted by Crippen LogP contribution is 2.23. The van der Waals surface area contributed by atoms with E-state index in [-0.39, 0.29) is 0 Å². The Kier molecular flexibility index (Phi) is 3.76. The number of halogens is 1. The molecule has 1 N–H and O–H groups in total. The molecular weight excluding hydrogens is 234 g/mol. The number of para-hydroxylation sites is 1. The molecule has 0 aliphatic heterocycles. The van der Waals surface area contributed by atoms with Gasteiger partial charge in [0.1, 0.15) is 5.75 Å². The first-order chi connectivity index (χ1) is 6.24. The summed E-state index contributed by atoms with van der Waals surface area (Å²) < 4.78 is 5.75. The van der Waals surface area contributed by atoms with Crippen LogP contribution in [0.1, 0.15) is 6.92 Å². The Bertz CT molecular complexity index is 301. The van der Waals surface area contributed by atoms with Crippen LogP contribution in [0.2, 0.25) is 0 Å². The Morgan fingerprint density at radius 1 is 1.54 bits per heavy atom. The van der Waals surface area contributed by atoms with Gasteiger partial charge in [-0.15, -0.1) is 0 Å². The number of carbonyl (C=O) groups is 1. The number of hydrogen-bond donors (Lipinski definition) is 1. The largest absolute Gasteiger partial charge is 0.412 e. The van der Waals surface area contributed by atoms with E-state index < -0.39 is 6.09 Å². The van der Waals surface area contributed by atoms with Crippen LogP contribution in [0.4, 0.5) is 4.79 Å². The lowest BCUT2D eigenvalue weighted by atomic mass is 10.3. The molecule has 13 heavy (non-hydrogen) atoms. The molecule has 0 radical (unpaired) electrons. The number of hydrogen-bond acceptors (Lipinski definition) is 2. The SMILES string of the molecule is CCNC(=O)Oc1ccccc1Br. The van der Waals surface area contributed by atoms with Crippen molar-refractivity contribution in [2.24, 2.45) is 0 Å². The lowest BCUT2D eigenvalue weighted by molar-refractivity contribution is 0.201. The maximum atomic E-state index is 11.0. The van der Waals surface area contributed by atoms with Gasteiger partial charge in [0.05, 0.1) is 4.47 Å². The number of amides is 1. The average Bonchev–Trinajstić information content (AvgIpc) is 2.09. The van der Waals surface area contributed by atoms with Crippen LogP contribution in [0.3, 0.4) is 0 Å². The van der Waals surface area contributed by atoms with Gasteiger partial charge in [0.25, 0.3) is 0 Å². The molecule has 0 aromatic heterocycles. The summed E-state index contributed by atoms with van der Waals surface area (Å²) in [4.78, 5) is 11.0. The summed E-state index contributed by atoms with van der Waals surface area (Å²) in [7, 11) is 0. The van der Waals surface area contributed by atoms with Crippen LogP contribution in [-0.2, 0) is 0 Å². The van der Waals surface area contributed by atoms with Gasteiger partial charge in [-0.3, -0.25) is 0 Å². The van der Waals surface area contributed by atoms with Crippen molar-refractivity contribution in [1.82, 2.24) is 5.32 Å². The zero-order valence-electron chi connectivity index (χ0n) is 7.21. The highest BCUT2D eigenvalue weighted by atomic mass is 79.9. The molecule has 1 rings (SSSR count). The van der Waals surface area contributed by atoms with Crippen molar-refractivity contribution in [2.45, 2.75) is 6.92 Å². The maximum absolute atomic E-state index is 11.0. The first-order valence-electron chi connectivity index (χ1n) is 3.94. The van der Waals surface area contributed by atoms with Crippen molar-refractivity contribution in [2.75, 3.05) is 6.54 Å². The van der Waals surface area contributed by atoms with Crippen molar-refractivity contribution >= 4 is 22.0 Å². The minimum Gasteiger partial charge on any atom is -0.409 e. The van der Waals surface area contributed by atoms with E-state index in [1.807, 2.05) is 19.1 Å². The molecule has 0 fully saturated rings. The van der Waals surface area contributed by atoms with Gasteiger partial charge in [-0.05, 0) is 35.0 Å². The Morgan fingerprint density at radius 2 is 2.23 bits per heavy atom. The molecule has 0 saturated heterocycles. The highest BCUT2D eigenvalue weighted by molar-refractivity contribution is 9.10. The summed E-state index contributed by atoms with van der Waals surface area (Å²) in [5.41, 5.74) is 0. The predicted octanol–water partition coefficient (Wildman–Crippen LogP) is 2.56. The Labute approximate surface area is 85.2 Å². The van der Waals surface area contributed by atoms with Gasteiger partial charge in [0.2, 0.25) is 0 Å². The normalized spacial score (nSPS) is 9.38. The summed E-state index contributed by atoms with van der Waals surface area (Å²) >= 11 is 3.27. The van der Waals surface area contributed by atoms with Crippen LogP contribution in [0.15, 0.2) is 28.7 Å². The second-order valence-corrected chi connectivity index (χ2v) is 3.20. The van der Waals surface area contributed by atoms with Gasteiger partial charge in [-0.1, -0.05) is 12.1 Å². The van der Waals surface area contributed by atoms with Crippen LogP contribution in [0.5, 0.6) is 5.75 Å². The first kappa shape index (κ1) is 10.1. The summed E-state index contributed by atoms with van der Waals surface area (Å²) in [6.07, 6.45) is -0.436. The molecule has 0 heterocycles. The molecule has 0 bridgehead atoms. The van der Waals surface area contributed by atoms with Gasteiger partial charge in [0.15, 0.2) is 0 Å². The zero-order chi connectivity index (χ0) is 9.68. The zero-order valence-corrected chi connectivity index (χ0v) is 8.80. The lowest BCUT2D eigenvalue weighted by Crippen LogP contribution is -2.26. The molecule has 0 atom stereocenters. The Morgan fingerprint density at radius 3 is 2.85 bits per heavy atom. The highest BCUT2D eigenvalue weighted by Gasteiger charge is 2.04. The fourth-order valence-electron chi connectivity index (χ4n) is 0.808. The summed E-state index contributed by atoms with van der Waals surface area (Å²) in [6, 6.07) is 7.20. The number of nitrogens with one attached hydrogen (secondary N) is 1. The molecule has 70 valence electrons. The van der Waals surface area contributed by atoms with Crippen molar-refractivity contribution in [3.8, 4) is 5.75 Å². The van der Waals surface area contributed by atoms with E-state index in [9.17, 15) is 4.79 Å². The van der Waals surface area contributed by atoms with Crippen molar-refractivity contribution < 1.29 is 9.53 Å². The van der Waals surface area contributed by atoms with E-state index in [1.54, 1.807) is 12.1 Å². The second-order valence-electron chi connectivity index (χ2n) is 2.35. The average molecular weight is 244 g/mol. The van der Waals surface area contributed by atoms with Crippen molar-refractivity contribution in [1.29, 1.82) is 0 Å². The third-order valence-corrected chi connectivity index (χ3v) is 2.02. The van der Waals surface area contributed by atoms with Crippen LogP contribution in [0, 0.1) is 0 Å². The first-order valence-corrected chi connectivity index (χ1v) is 4.73. The molecular formula is C9H10BrNO2. The third kappa shape index (κ3) is 3.06. The molecule has 3 nitrogen and oxygen atoms in total. The van der Waals surface area contributed by atoms with Crippen molar-refractivity contribution in [3.05, 3.63) is 28.7 Å². The minimum absolute atomic E-state index is 0.436. The molecule has 0 unspecified atom stereocenters. The molecule has 0 saturated carbocycles. The van der Waals surface area contributed by atoms with Crippen LogP contribution < -0.4 is 10.1 Å². The maximum Gasteiger partial charge on any atom is 0.412 e. The molecule has 0 spiro atoms. The van der Waals surface area contributed by atoms with E-state index in [0.29, 0.717) is 12.3 Å². The number of carbonyl (C=O) groups excluding carboxylic acids is 1. The smallest absolute Gasteiger partial charge is 0.409 e. The van der Waals surface area contributed by atoms with Gasteiger partial charge in [-0.2, -0.15) is 0 Å². The van der Waals surface area contributed by atoms with Gasteiger partial charge >= 0.3 is 6.09 Å². The fraction of sp³-hybridized carbons (Fsp3) is 0.222. The van der Waals surface area contributed by atoms with Gasteiger partial charge in [-0.25, -0.2) is 4.79 Å². The summed E-state index contributed by atoms with van der Waals surface area (Å²) in [5.74, 6) is 0.522. The van der Waals surface area contributed by atoms with Crippen molar-refractivity contribution in [3.63, 3.8) is 0 Å². The molecule has 1 amide bonds. The van der Waals surface area contributed by atoms with Crippen LogP contribution in [0.25, 0.3) is 0 Å². The van der Waals surface area contributed by atoms with Gasteiger partial charge in [0, 0.05) is 6.54 Å². The van der Waals surface area contributed by atoms with E-state index in [4.69, 9.17) is 4.74 Å². The van der Waals surface area contributed by atoms with Crippen LogP contribution in [-0.4, -0.2) is 12.6 Å². The minimum atomic E-state index is -0.436. The number of benzene rings is 1. The lowest BCUT2D eigenvalue weighted by Gasteiger charge is -2.05. The molecule has 1 aromatic rings. The second kappa shape index (κ2) is 4.87. The Balaban J connectivity index is 2.63. The van der Waals surface area contributed by atoms with Crippen LogP contribution >= 0.6 is 15.9 Å².